The molecule has 0 aliphatic carbocycles. The molecule has 0 fully saturated rings. The lowest BCUT2D eigenvalue weighted by Gasteiger charge is -2.07. The second kappa shape index (κ2) is 5.58. The summed E-state index contributed by atoms with van der Waals surface area (Å²) in [5.41, 5.74) is 0.00932. The number of halogens is 2. The molecule has 0 amide bonds. The molecule has 0 unspecified atom stereocenters. The average Bonchev–Trinajstić information content (AvgIpc) is 2.41. The molecule has 2 aromatic rings. The van der Waals surface area contributed by atoms with Gasteiger partial charge in [0.2, 0.25) is 0 Å². The molecule has 0 atom stereocenters. The molecule has 0 radical (unpaired) electrons. The van der Waals surface area contributed by atoms with Gasteiger partial charge < -0.3 is 4.74 Å². The Morgan fingerprint density at radius 2 is 1.85 bits per heavy atom. The lowest BCUT2D eigenvalue weighted by Crippen LogP contribution is -2.07. The summed E-state index contributed by atoms with van der Waals surface area (Å²) in [7, 11) is -2.41. The van der Waals surface area contributed by atoms with Crippen LogP contribution in [0.3, 0.4) is 0 Å². The number of hydrogen-bond donors (Lipinski definition) is 0. The average molecular weight is 298 g/mol. The SMILES string of the molecule is COc1ccc(CS(=O)(=O)c2cccc(F)c2)c(F)c1. The van der Waals surface area contributed by atoms with E-state index in [1.54, 1.807) is 0 Å². The van der Waals surface area contributed by atoms with Crippen LogP contribution in [0, 0.1) is 11.6 Å². The highest BCUT2D eigenvalue weighted by Gasteiger charge is 2.18. The summed E-state index contributed by atoms with van der Waals surface area (Å²) in [6, 6.07) is 8.55. The Labute approximate surface area is 115 Å². The molecule has 0 aromatic heterocycles. The Hall–Kier alpha value is -1.95. The molecule has 6 heteroatoms. The van der Waals surface area contributed by atoms with Crippen molar-refractivity contribution in [3.63, 3.8) is 0 Å². The van der Waals surface area contributed by atoms with Gasteiger partial charge in [-0.15, -0.1) is 0 Å². The van der Waals surface area contributed by atoms with Crippen molar-refractivity contribution in [3.05, 3.63) is 59.7 Å². The molecule has 0 aliphatic rings. The number of benzene rings is 2. The molecule has 20 heavy (non-hydrogen) atoms. The number of ether oxygens (including phenoxy) is 1. The molecule has 0 heterocycles. The Morgan fingerprint density at radius 3 is 2.45 bits per heavy atom. The number of rotatable bonds is 4. The summed E-state index contributed by atoms with van der Waals surface area (Å²) in [6.07, 6.45) is 0. The lowest BCUT2D eigenvalue weighted by atomic mass is 10.2. The van der Waals surface area contributed by atoms with Crippen LogP contribution >= 0.6 is 0 Å². The quantitative estimate of drug-likeness (QED) is 0.871. The summed E-state index contributed by atoms with van der Waals surface area (Å²) < 4.78 is 55.8. The first-order valence-corrected chi connectivity index (χ1v) is 7.38. The minimum Gasteiger partial charge on any atom is -0.497 e. The first-order valence-electron chi connectivity index (χ1n) is 5.73. The van der Waals surface area contributed by atoms with E-state index in [0.717, 1.165) is 18.2 Å². The van der Waals surface area contributed by atoms with Crippen molar-refractivity contribution < 1.29 is 21.9 Å². The van der Waals surface area contributed by atoms with Gasteiger partial charge in [0.1, 0.15) is 17.4 Å². The minimum atomic E-state index is -3.80. The van der Waals surface area contributed by atoms with E-state index in [1.807, 2.05) is 0 Å². The Balaban J connectivity index is 2.33. The van der Waals surface area contributed by atoms with E-state index in [-0.39, 0.29) is 10.5 Å². The van der Waals surface area contributed by atoms with Crippen molar-refractivity contribution in [1.82, 2.24) is 0 Å². The maximum atomic E-state index is 13.7. The summed E-state index contributed by atoms with van der Waals surface area (Å²) >= 11 is 0. The summed E-state index contributed by atoms with van der Waals surface area (Å²) in [5, 5.41) is 0. The van der Waals surface area contributed by atoms with Gasteiger partial charge in [-0.1, -0.05) is 12.1 Å². The van der Waals surface area contributed by atoms with Crippen LogP contribution in [-0.2, 0) is 15.6 Å². The molecule has 106 valence electrons. The molecule has 0 N–H and O–H groups in total. The van der Waals surface area contributed by atoms with Crippen molar-refractivity contribution in [2.24, 2.45) is 0 Å². The number of hydrogen-bond acceptors (Lipinski definition) is 3. The zero-order valence-corrected chi connectivity index (χ0v) is 11.5. The van der Waals surface area contributed by atoms with Crippen molar-refractivity contribution in [1.29, 1.82) is 0 Å². The van der Waals surface area contributed by atoms with Crippen LogP contribution in [0.1, 0.15) is 5.56 Å². The predicted octanol–water partition coefficient (Wildman–Crippen LogP) is 2.95. The van der Waals surface area contributed by atoms with E-state index in [9.17, 15) is 17.2 Å². The summed E-state index contributed by atoms with van der Waals surface area (Å²) in [5.74, 6) is -1.56. The summed E-state index contributed by atoms with van der Waals surface area (Å²) in [6.45, 7) is 0. The highest BCUT2D eigenvalue weighted by molar-refractivity contribution is 7.90. The second-order valence-corrected chi connectivity index (χ2v) is 6.16. The van der Waals surface area contributed by atoms with Crippen LogP contribution in [0.2, 0.25) is 0 Å². The fraction of sp³-hybridized carbons (Fsp3) is 0.143. The van der Waals surface area contributed by atoms with E-state index in [1.165, 1.54) is 31.4 Å². The van der Waals surface area contributed by atoms with E-state index >= 15 is 0 Å². The van der Waals surface area contributed by atoms with E-state index < -0.39 is 27.2 Å². The smallest absolute Gasteiger partial charge is 0.182 e. The zero-order chi connectivity index (χ0) is 14.8. The fourth-order valence-corrected chi connectivity index (χ4v) is 3.11. The van der Waals surface area contributed by atoms with Crippen molar-refractivity contribution >= 4 is 9.84 Å². The lowest BCUT2D eigenvalue weighted by molar-refractivity contribution is 0.411. The molecule has 2 aromatic carbocycles. The molecule has 0 saturated carbocycles. The Morgan fingerprint density at radius 1 is 1.10 bits per heavy atom. The Bertz CT molecular complexity index is 727. The zero-order valence-electron chi connectivity index (χ0n) is 10.6. The van der Waals surface area contributed by atoms with Crippen LogP contribution < -0.4 is 4.74 Å². The molecular weight excluding hydrogens is 286 g/mol. The molecule has 3 nitrogen and oxygen atoms in total. The van der Waals surface area contributed by atoms with Gasteiger partial charge >= 0.3 is 0 Å². The third-order valence-electron chi connectivity index (χ3n) is 2.76. The van der Waals surface area contributed by atoms with Crippen LogP contribution in [0.15, 0.2) is 47.4 Å². The molecule has 0 saturated heterocycles. The van der Waals surface area contributed by atoms with Crippen molar-refractivity contribution in [2.75, 3.05) is 7.11 Å². The van der Waals surface area contributed by atoms with Crippen LogP contribution in [0.5, 0.6) is 5.75 Å². The third-order valence-corrected chi connectivity index (χ3v) is 4.42. The van der Waals surface area contributed by atoms with Crippen LogP contribution in [0.25, 0.3) is 0 Å². The van der Waals surface area contributed by atoms with Gasteiger partial charge in [0.05, 0.1) is 17.8 Å². The third kappa shape index (κ3) is 3.14. The normalized spacial score (nSPS) is 11.3. The molecule has 0 spiro atoms. The van der Waals surface area contributed by atoms with Crippen LogP contribution in [-0.4, -0.2) is 15.5 Å². The maximum absolute atomic E-state index is 13.7. The van der Waals surface area contributed by atoms with Gasteiger partial charge in [0.15, 0.2) is 9.84 Å². The largest absolute Gasteiger partial charge is 0.497 e. The first kappa shape index (κ1) is 14.5. The van der Waals surface area contributed by atoms with Gasteiger partial charge in [0.25, 0.3) is 0 Å². The molecular formula is C14H12F2O3S. The monoisotopic (exact) mass is 298 g/mol. The number of methoxy groups -OCH3 is 1. The Kier molecular flexibility index (Phi) is 4.04. The first-order chi connectivity index (χ1) is 9.42. The summed E-state index contributed by atoms with van der Waals surface area (Å²) in [4.78, 5) is -0.173. The van der Waals surface area contributed by atoms with Gasteiger partial charge in [-0.3, -0.25) is 0 Å². The predicted molar refractivity (Wildman–Crippen MR) is 70.2 cm³/mol. The molecule has 0 bridgehead atoms. The van der Waals surface area contributed by atoms with E-state index in [0.29, 0.717) is 5.75 Å². The highest BCUT2D eigenvalue weighted by atomic mass is 32.2. The van der Waals surface area contributed by atoms with Crippen molar-refractivity contribution in [3.8, 4) is 5.75 Å². The van der Waals surface area contributed by atoms with Gasteiger partial charge in [-0.25, -0.2) is 17.2 Å². The second-order valence-electron chi connectivity index (χ2n) is 4.17. The fourth-order valence-electron chi connectivity index (χ4n) is 1.72. The molecule has 2 rings (SSSR count). The topological polar surface area (TPSA) is 43.4 Å². The minimum absolute atomic E-state index is 0.00932. The van der Waals surface area contributed by atoms with E-state index in [4.69, 9.17) is 4.74 Å². The van der Waals surface area contributed by atoms with E-state index in [2.05, 4.69) is 0 Å². The maximum Gasteiger partial charge on any atom is 0.182 e. The van der Waals surface area contributed by atoms with Crippen LogP contribution in [0.4, 0.5) is 8.78 Å². The van der Waals surface area contributed by atoms with Gasteiger partial charge in [-0.05, 0) is 24.3 Å². The van der Waals surface area contributed by atoms with Crippen molar-refractivity contribution in [2.45, 2.75) is 10.6 Å². The number of sulfone groups is 1. The highest BCUT2D eigenvalue weighted by Crippen LogP contribution is 2.22. The molecule has 0 aliphatic heterocycles. The standard InChI is InChI=1S/C14H12F2O3S/c1-19-12-6-5-10(14(16)8-12)9-20(17,18)13-4-2-3-11(15)7-13/h2-8H,9H2,1H3. The van der Waals surface area contributed by atoms with Gasteiger partial charge in [0, 0.05) is 11.6 Å². The van der Waals surface area contributed by atoms with Gasteiger partial charge in [-0.2, -0.15) is 0 Å².